The Labute approximate surface area is 143 Å². The average molecular weight is 324 g/mol. The van der Waals surface area contributed by atoms with Gasteiger partial charge in [-0.2, -0.15) is 0 Å². The third-order valence-corrected chi connectivity index (χ3v) is 3.72. The molecule has 4 heteroatoms. The molecule has 0 fully saturated rings. The molecule has 126 valence electrons. The van der Waals surface area contributed by atoms with E-state index >= 15 is 0 Å². The maximum Gasteiger partial charge on any atom is 0.224 e. The summed E-state index contributed by atoms with van der Waals surface area (Å²) in [6.07, 6.45) is 1.47. The number of rotatable bonds is 8. The van der Waals surface area contributed by atoms with Gasteiger partial charge in [-0.05, 0) is 24.5 Å². The zero-order chi connectivity index (χ0) is 17.2. The molecule has 0 aliphatic rings. The predicted molar refractivity (Wildman–Crippen MR) is 95.5 cm³/mol. The Morgan fingerprint density at radius 3 is 1.88 bits per heavy atom. The van der Waals surface area contributed by atoms with Crippen molar-refractivity contribution in [1.82, 2.24) is 10.6 Å². The Hall–Kier alpha value is -2.62. The van der Waals surface area contributed by atoms with E-state index in [1.54, 1.807) is 0 Å². The van der Waals surface area contributed by atoms with E-state index in [1.165, 1.54) is 0 Å². The normalized spacial score (nSPS) is 11.5. The minimum absolute atomic E-state index is 0.00371. The SMILES string of the molecule is C[C@H](CCNC(=O)Cc1ccccc1)NC(=O)Cc1ccccc1. The van der Waals surface area contributed by atoms with Crippen molar-refractivity contribution < 1.29 is 9.59 Å². The molecule has 0 aliphatic heterocycles. The van der Waals surface area contributed by atoms with E-state index in [1.807, 2.05) is 67.6 Å². The highest BCUT2D eigenvalue weighted by molar-refractivity contribution is 5.79. The van der Waals surface area contributed by atoms with Crippen LogP contribution in [0.15, 0.2) is 60.7 Å². The van der Waals surface area contributed by atoms with Gasteiger partial charge >= 0.3 is 0 Å². The van der Waals surface area contributed by atoms with Crippen LogP contribution in [-0.4, -0.2) is 24.4 Å². The van der Waals surface area contributed by atoms with Crippen molar-refractivity contribution in [2.45, 2.75) is 32.2 Å². The summed E-state index contributed by atoms with van der Waals surface area (Å²) in [4.78, 5) is 23.8. The van der Waals surface area contributed by atoms with Crippen LogP contribution in [0.3, 0.4) is 0 Å². The first kappa shape index (κ1) is 17.7. The van der Waals surface area contributed by atoms with Gasteiger partial charge < -0.3 is 10.6 Å². The van der Waals surface area contributed by atoms with Crippen molar-refractivity contribution in [3.05, 3.63) is 71.8 Å². The van der Waals surface area contributed by atoms with Crippen LogP contribution in [0, 0.1) is 0 Å². The summed E-state index contributed by atoms with van der Waals surface area (Å²) in [5.74, 6) is 0.00771. The fourth-order valence-electron chi connectivity index (χ4n) is 2.45. The molecule has 2 rings (SSSR count). The van der Waals surface area contributed by atoms with Crippen LogP contribution in [0.25, 0.3) is 0 Å². The molecule has 0 unspecified atom stereocenters. The molecule has 0 aliphatic carbocycles. The number of benzene rings is 2. The van der Waals surface area contributed by atoms with Crippen molar-refractivity contribution in [2.24, 2.45) is 0 Å². The Morgan fingerprint density at radius 2 is 1.33 bits per heavy atom. The maximum atomic E-state index is 12.0. The molecule has 0 saturated carbocycles. The first-order valence-electron chi connectivity index (χ1n) is 8.27. The molecule has 4 nitrogen and oxygen atoms in total. The Balaban J connectivity index is 1.63. The van der Waals surface area contributed by atoms with Gasteiger partial charge in [0.05, 0.1) is 12.8 Å². The lowest BCUT2D eigenvalue weighted by molar-refractivity contribution is -0.121. The second-order valence-corrected chi connectivity index (χ2v) is 5.93. The molecule has 1 atom stereocenters. The number of carbonyl (C=O) groups excluding carboxylic acids is 2. The number of nitrogens with one attached hydrogen (secondary N) is 2. The second-order valence-electron chi connectivity index (χ2n) is 5.93. The van der Waals surface area contributed by atoms with Gasteiger partial charge in [0, 0.05) is 12.6 Å². The summed E-state index contributed by atoms with van der Waals surface area (Å²) < 4.78 is 0. The third kappa shape index (κ3) is 6.65. The van der Waals surface area contributed by atoms with E-state index in [4.69, 9.17) is 0 Å². The molecule has 0 heterocycles. The van der Waals surface area contributed by atoms with E-state index in [2.05, 4.69) is 10.6 Å². The predicted octanol–water partition coefficient (Wildman–Crippen LogP) is 2.48. The minimum Gasteiger partial charge on any atom is -0.356 e. The quantitative estimate of drug-likeness (QED) is 0.784. The fraction of sp³-hybridized carbons (Fsp3) is 0.300. The lowest BCUT2D eigenvalue weighted by atomic mass is 10.1. The van der Waals surface area contributed by atoms with Crippen LogP contribution < -0.4 is 10.6 Å². The summed E-state index contributed by atoms with van der Waals surface area (Å²) in [5.41, 5.74) is 2.00. The summed E-state index contributed by atoms with van der Waals surface area (Å²) >= 11 is 0. The van der Waals surface area contributed by atoms with Gasteiger partial charge in [-0.25, -0.2) is 0 Å². The summed E-state index contributed by atoms with van der Waals surface area (Å²) in [6.45, 7) is 2.50. The summed E-state index contributed by atoms with van der Waals surface area (Å²) in [7, 11) is 0. The minimum atomic E-state index is 0.00371. The van der Waals surface area contributed by atoms with Gasteiger partial charge in [-0.15, -0.1) is 0 Å². The molecular formula is C20H24N2O2. The van der Waals surface area contributed by atoms with Gasteiger partial charge in [0.1, 0.15) is 0 Å². The number of hydrogen-bond acceptors (Lipinski definition) is 2. The lowest BCUT2D eigenvalue weighted by Gasteiger charge is -2.14. The standard InChI is InChI=1S/C20H24N2O2/c1-16(22-20(24)15-18-10-6-3-7-11-18)12-13-21-19(23)14-17-8-4-2-5-9-17/h2-11,16H,12-15H2,1H3,(H,21,23)(H,22,24)/t16-/m1/s1. The van der Waals surface area contributed by atoms with Crippen molar-refractivity contribution in [3.63, 3.8) is 0 Å². The molecule has 24 heavy (non-hydrogen) atoms. The summed E-state index contributed by atoms with van der Waals surface area (Å²) in [5, 5.41) is 5.86. The molecule has 2 amide bonds. The van der Waals surface area contributed by atoms with Crippen LogP contribution in [0.2, 0.25) is 0 Å². The van der Waals surface area contributed by atoms with Crippen LogP contribution >= 0.6 is 0 Å². The van der Waals surface area contributed by atoms with Crippen molar-refractivity contribution >= 4 is 11.8 Å². The van der Waals surface area contributed by atoms with Crippen LogP contribution in [0.1, 0.15) is 24.5 Å². The van der Waals surface area contributed by atoms with Gasteiger partial charge in [0.15, 0.2) is 0 Å². The van der Waals surface area contributed by atoms with E-state index in [0.29, 0.717) is 25.8 Å². The topological polar surface area (TPSA) is 58.2 Å². The maximum absolute atomic E-state index is 12.0. The van der Waals surface area contributed by atoms with E-state index in [-0.39, 0.29) is 17.9 Å². The molecule has 2 aromatic rings. The molecular weight excluding hydrogens is 300 g/mol. The van der Waals surface area contributed by atoms with Crippen molar-refractivity contribution in [2.75, 3.05) is 6.54 Å². The van der Waals surface area contributed by atoms with Crippen molar-refractivity contribution in [3.8, 4) is 0 Å². The van der Waals surface area contributed by atoms with Gasteiger partial charge in [-0.3, -0.25) is 9.59 Å². The van der Waals surface area contributed by atoms with Crippen LogP contribution in [0.5, 0.6) is 0 Å². The van der Waals surface area contributed by atoms with Crippen molar-refractivity contribution in [1.29, 1.82) is 0 Å². The van der Waals surface area contributed by atoms with Gasteiger partial charge in [0.25, 0.3) is 0 Å². The molecule has 0 spiro atoms. The number of hydrogen-bond donors (Lipinski definition) is 2. The van der Waals surface area contributed by atoms with E-state index in [9.17, 15) is 9.59 Å². The Morgan fingerprint density at radius 1 is 0.833 bits per heavy atom. The highest BCUT2D eigenvalue weighted by Crippen LogP contribution is 2.01. The highest BCUT2D eigenvalue weighted by atomic mass is 16.2. The molecule has 0 bridgehead atoms. The molecule has 0 radical (unpaired) electrons. The first-order chi connectivity index (χ1) is 11.6. The smallest absolute Gasteiger partial charge is 0.224 e. The zero-order valence-electron chi connectivity index (χ0n) is 14.0. The largest absolute Gasteiger partial charge is 0.356 e. The Bertz CT molecular complexity index is 641. The second kappa shape index (κ2) is 9.50. The van der Waals surface area contributed by atoms with Crippen LogP contribution in [0.4, 0.5) is 0 Å². The number of carbonyl (C=O) groups is 2. The molecule has 0 saturated heterocycles. The third-order valence-electron chi connectivity index (χ3n) is 3.72. The zero-order valence-corrected chi connectivity index (χ0v) is 14.0. The van der Waals surface area contributed by atoms with E-state index < -0.39 is 0 Å². The van der Waals surface area contributed by atoms with Crippen LogP contribution in [-0.2, 0) is 22.4 Å². The average Bonchev–Trinajstić information content (AvgIpc) is 2.56. The molecule has 2 aromatic carbocycles. The van der Waals surface area contributed by atoms with E-state index in [0.717, 1.165) is 11.1 Å². The first-order valence-corrected chi connectivity index (χ1v) is 8.27. The van der Waals surface area contributed by atoms with Gasteiger partial charge in [-0.1, -0.05) is 60.7 Å². The summed E-state index contributed by atoms with van der Waals surface area (Å²) in [6, 6.07) is 19.3. The molecule has 2 N–H and O–H groups in total. The monoisotopic (exact) mass is 324 g/mol. The number of amides is 2. The highest BCUT2D eigenvalue weighted by Gasteiger charge is 2.09. The lowest BCUT2D eigenvalue weighted by Crippen LogP contribution is -2.37. The van der Waals surface area contributed by atoms with Gasteiger partial charge in [0.2, 0.25) is 11.8 Å². The Kier molecular flexibility index (Phi) is 7.02. The fourth-order valence-corrected chi connectivity index (χ4v) is 2.45. The molecule has 0 aromatic heterocycles.